The van der Waals surface area contributed by atoms with E-state index >= 15 is 0 Å². The van der Waals surface area contributed by atoms with Crippen LogP contribution in [0.3, 0.4) is 0 Å². The lowest BCUT2D eigenvalue weighted by atomic mass is 10.0. The Morgan fingerprint density at radius 3 is 1.94 bits per heavy atom. The second kappa shape index (κ2) is 7.71. The summed E-state index contributed by atoms with van der Waals surface area (Å²) in [5, 5.41) is 3.27. The molecule has 0 aliphatic heterocycles. The highest BCUT2D eigenvalue weighted by molar-refractivity contribution is 6.30. The Labute approximate surface area is 192 Å². The van der Waals surface area contributed by atoms with E-state index < -0.39 is 0 Å². The minimum Gasteiger partial charge on any atom is -0.309 e. The van der Waals surface area contributed by atoms with E-state index in [-0.39, 0.29) is 0 Å². The lowest BCUT2D eigenvalue weighted by Crippen LogP contribution is -1.94. The Morgan fingerprint density at radius 1 is 0.438 bits per heavy atom. The first-order valence-electron chi connectivity index (χ1n) is 10.7. The molecule has 0 N–H and O–H groups in total. The van der Waals surface area contributed by atoms with Gasteiger partial charge in [0.2, 0.25) is 0 Å². The molecule has 1 nitrogen and oxygen atoms in total. The highest BCUT2D eigenvalue weighted by Crippen LogP contribution is 2.35. The number of nitrogens with zero attached hydrogens (tertiary/aromatic N) is 1. The fraction of sp³-hybridized carbons (Fsp3) is 0. The van der Waals surface area contributed by atoms with E-state index in [1.54, 1.807) is 0 Å². The molecule has 0 aliphatic carbocycles. The zero-order chi connectivity index (χ0) is 21.5. The topological polar surface area (TPSA) is 4.93 Å². The lowest BCUT2D eigenvalue weighted by Gasteiger charge is -2.11. The quantitative estimate of drug-likeness (QED) is 0.265. The van der Waals surface area contributed by atoms with Crippen LogP contribution in [0.1, 0.15) is 0 Å². The van der Waals surface area contributed by atoms with Gasteiger partial charge in [0.15, 0.2) is 0 Å². The van der Waals surface area contributed by atoms with Crippen LogP contribution in [-0.2, 0) is 0 Å². The van der Waals surface area contributed by atoms with Gasteiger partial charge in [-0.05, 0) is 64.7 Å². The predicted octanol–water partition coefficient (Wildman–Crippen LogP) is 8.77. The largest absolute Gasteiger partial charge is 0.309 e. The summed E-state index contributed by atoms with van der Waals surface area (Å²) in [4.78, 5) is 0. The van der Waals surface area contributed by atoms with E-state index in [9.17, 15) is 0 Å². The lowest BCUT2D eigenvalue weighted by molar-refractivity contribution is 1.18. The number of hydrogen-bond acceptors (Lipinski definition) is 0. The maximum Gasteiger partial charge on any atom is 0.0541 e. The van der Waals surface area contributed by atoms with Crippen molar-refractivity contribution in [2.45, 2.75) is 0 Å². The van der Waals surface area contributed by atoms with Gasteiger partial charge in [0, 0.05) is 21.5 Å². The van der Waals surface area contributed by atoms with Crippen molar-refractivity contribution in [3.05, 3.63) is 126 Å². The molecule has 0 radical (unpaired) electrons. The molecule has 0 amide bonds. The summed E-state index contributed by atoms with van der Waals surface area (Å²) in [5.74, 6) is 0. The van der Waals surface area contributed by atoms with E-state index in [0.717, 1.165) is 21.8 Å². The van der Waals surface area contributed by atoms with Crippen molar-refractivity contribution in [2.75, 3.05) is 0 Å². The van der Waals surface area contributed by atoms with Crippen LogP contribution in [0, 0.1) is 0 Å². The summed E-state index contributed by atoms with van der Waals surface area (Å²) < 4.78 is 2.35. The first-order chi connectivity index (χ1) is 15.8. The molecule has 6 aromatic rings. The molecule has 0 saturated carbocycles. The van der Waals surface area contributed by atoms with Crippen molar-refractivity contribution in [1.82, 2.24) is 4.57 Å². The van der Waals surface area contributed by atoms with Crippen LogP contribution in [0.2, 0.25) is 5.02 Å². The summed E-state index contributed by atoms with van der Waals surface area (Å²) in [7, 11) is 0. The van der Waals surface area contributed by atoms with Crippen molar-refractivity contribution < 1.29 is 0 Å². The van der Waals surface area contributed by atoms with Crippen LogP contribution in [0.25, 0.3) is 49.7 Å². The van der Waals surface area contributed by atoms with Crippen LogP contribution >= 0.6 is 11.6 Å². The number of benzene rings is 5. The van der Waals surface area contributed by atoms with Gasteiger partial charge in [-0.1, -0.05) is 90.5 Å². The van der Waals surface area contributed by atoms with Gasteiger partial charge >= 0.3 is 0 Å². The highest BCUT2D eigenvalue weighted by atomic mass is 35.5. The molecule has 0 bridgehead atoms. The van der Waals surface area contributed by atoms with Gasteiger partial charge < -0.3 is 4.57 Å². The highest BCUT2D eigenvalue weighted by Gasteiger charge is 2.13. The number of halogens is 1. The zero-order valence-electron chi connectivity index (χ0n) is 17.4. The molecular weight excluding hydrogens is 410 g/mol. The fourth-order valence-electron chi connectivity index (χ4n) is 4.55. The van der Waals surface area contributed by atoms with Gasteiger partial charge in [0.25, 0.3) is 0 Å². The Bertz CT molecular complexity index is 1580. The second-order valence-corrected chi connectivity index (χ2v) is 8.45. The Balaban J connectivity index is 1.59. The van der Waals surface area contributed by atoms with Crippen molar-refractivity contribution in [1.29, 1.82) is 0 Å². The second-order valence-electron chi connectivity index (χ2n) is 8.01. The van der Waals surface area contributed by atoms with Crippen molar-refractivity contribution in [2.24, 2.45) is 0 Å². The molecule has 0 aliphatic rings. The Morgan fingerprint density at radius 2 is 1.09 bits per heavy atom. The van der Waals surface area contributed by atoms with Crippen molar-refractivity contribution >= 4 is 33.4 Å². The minimum atomic E-state index is 0.748. The Kier molecular flexibility index (Phi) is 4.56. The molecule has 0 fully saturated rings. The predicted molar refractivity (Wildman–Crippen MR) is 137 cm³/mol. The normalized spacial score (nSPS) is 11.3. The third kappa shape index (κ3) is 3.19. The third-order valence-electron chi connectivity index (χ3n) is 6.04. The number of para-hydroxylation sites is 1. The number of aromatic nitrogens is 1. The smallest absolute Gasteiger partial charge is 0.0541 e. The van der Waals surface area contributed by atoms with Gasteiger partial charge in [-0.2, -0.15) is 0 Å². The van der Waals surface area contributed by atoms with Crippen molar-refractivity contribution in [3.63, 3.8) is 0 Å². The average molecular weight is 430 g/mol. The molecule has 0 unspecified atom stereocenters. The number of fused-ring (bicyclic) bond motifs is 3. The SMILES string of the molecule is Clc1cccc(-c2cccc(-n3c4ccccc4c4cc(-c5ccccc5)ccc43)c2)c1. The summed E-state index contributed by atoms with van der Waals surface area (Å²) in [5.41, 5.74) is 8.28. The molecule has 0 saturated heterocycles. The first kappa shape index (κ1) is 18.9. The maximum absolute atomic E-state index is 6.25. The first-order valence-corrected chi connectivity index (χ1v) is 11.1. The van der Waals surface area contributed by atoms with Gasteiger partial charge in [0.05, 0.1) is 11.0 Å². The summed E-state index contributed by atoms with van der Waals surface area (Å²) in [6, 6.07) is 42.6. The Hall–Kier alpha value is -3.81. The van der Waals surface area contributed by atoms with Gasteiger partial charge in [-0.25, -0.2) is 0 Å². The molecule has 5 aromatic carbocycles. The zero-order valence-corrected chi connectivity index (χ0v) is 18.1. The third-order valence-corrected chi connectivity index (χ3v) is 6.28. The molecule has 32 heavy (non-hydrogen) atoms. The van der Waals surface area contributed by atoms with Crippen LogP contribution in [-0.4, -0.2) is 4.57 Å². The van der Waals surface area contributed by atoms with Crippen molar-refractivity contribution in [3.8, 4) is 27.9 Å². The standard InChI is InChI=1S/C30H20ClN/c31-25-12-6-10-22(18-25)23-11-7-13-26(19-23)32-29-15-5-4-14-27(29)28-20-24(16-17-30(28)32)21-8-2-1-3-9-21/h1-20H. The summed E-state index contributed by atoms with van der Waals surface area (Å²) >= 11 is 6.25. The molecule has 2 heteroatoms. The van der Waals surface area contributed by atoms with E-state index in [1.165, 1.54) is 32.9 Å². The van der Waals surface area contributed by atoms with Crippen LogP contribution < -0.4 is 0 Å². The molecule has 152 valence electrons. The van der Waals surface area contributed by atoms with E-state index in [4.69, 9.17) is 11.6 Å². The maximum atomic E-state index is 6.25. The average Bonchev–Trinajstić information content (AvgIpc) is 3.18. The van der Waals surface area contributed by atoms with Gasteiger partial charge in [0.1, 0.15) is 0 Å². The molecule has 0 atom stereocenters. The summed E-state index contributed by atoms with van der Waals surface area (Å²) in [6.07, 6.45) is 0. The van der Waals surface area contributed by atoms with E-state index in [0.29, 0.717) is 0 Å². The van der Waals surface area contributed by atoms with E-state index in [1.807, 2.05) is 18.2 Å². The summed E-state index contributed by atoms with van der Waals surface area (Å²) in [6.45, 7) is 0. The van der Waals surface area contributed by atoms with Gasteiger partial charge in [-0.3, -0.25) is 0 Å². The van der Waals surface area contributed by atoms with Crippen LogP contribution in [0.4, 0.5) is 0 Å². The molecule has 0 spiro atoms. The van der Waals surface area contributed by atoms with E-state index in [2.05, 4.69) is 108 Å². The van der Waals surface area contributed by atoms with Gasteiger partial charge in [-0.15, -0.1) is 0 Å². The van der Waals surface area contributed by atoms with Crippen LogP contribution in [0.5, 0.6) is 0 Å². The van der Waals surface area contributed by atoms with Crippen LogP contribution in [0.15, 0.2) is 121 Å². The number of rotatable bonds is 3. The number of hydrogen-bond donors (Lipinski definition) is 0. The molecular formula is C30H20ClN. The molecule has 6 rings (SSSR count). The molecule has 1 heterocycles. The monoisotopic (exact) mass is 429 g/mol. The fourth-order valence-corrected chi connectivity index (χ4v) is 4.74. The minimum absolute atomic E-state index is 0.748. The molecule has 1 aromatic heterocycles.